The molecule has 9 rings (SSSR count). The first-order chi connectivity index (χ1) is 29.9. The van der Waals surface area contributed by atoms with E-state index < -0.39 is 0 Å². The van der Waals surface area contributed by atoms with E-state index in [1.165, 1.54) is 17.7 Å². The van der Waals surface area contributed by atoms with E-state index in [0.29, 0.717) is 19.9 Å². The van der Waals surface area contributed by atoms with Crippen molar-refractivity contribution < 1.29 is 23.5 Å². The highest BCUT2D eigenvalue weighted by Crippen LogP contribution is 2.33. The van der Waals surface area contributed by atoms with Crippen molar-refractivity contribution in [3.63, 3.8) is 0 Å². The number of halogens is 1. The summed E-state index contributed by atoms with van der Waals surface area (Å²) in [7, 11) is 0. The van der Waals surface area contributed by atoms with Gasteiger partial charge in [-0.25, -0.2) is 14.0 Å². The Kier molecular flexibility index (Phi) is 13.6. The fraction of sp³-hybridized carbons (Fsp3) is 0.304. The Balaban J connectivity index is 0.000000169. The third-order valence-electron chi connectivity index (χ3n) is 11.1. The molecule has 0 radical (unpaired) electrons. The Morgan fingerprint density at radius 3 is 1.70 bits per heavy atom. The van der Waals surface area contributed by atoms with Gasteiger partial charge in [0, 0.05) is 114 Å². The first kappa shape index (κ1) is 41.2. The number of benzene rings is 4. The number of aromatic nitrogens is 2. The summed E-state index contributed by atoms with van der Waals surface area (Å²) in [5, 5.41) is 13.6. The number of rotatable bonds is 11. The molecule has 0 aliphatic carbocycles. The van der Waals surface area contributed by atoms with E-state index in [-0.39, 0.29) is 17.9 Å². The van der Waals surface area contributed by atoms with Crippen LogP contribution in [0.1, 0.15) is 5.56 Å². The van der Waals surface area contributed by atoms with Crippen LogP contribution in [-0.4, -0.2) is 122 Å². The normalized spacial score (nSPS) is 15.5. The number of amides is 4. The summed E-state index contributed by atoms with van der Waals surface area (Å²) < 4.78 is 23.9. The van der Waals surface area contributed by atoms with Gasteiger partial charge in [-0.05, 0) is 66.2 Å². The van der Waals surface area contributed by atoms with E-state index in [9.17, 15) is 14.0 Å². The Morgan fingerprint density at radius 2 is 1.11 bits per heavy atom. The molecule has 0 unspecified atom stereocenters. The van der Waals surface area contributed by atoms with Gasteiger partial charge in [0.1, 0.15) is 5.82 Å². The number of carbonyl (C=O) groups is 2. The molecule has 3 aliphatic heterocycles. The molecule has 2 aromatic heterocycles. The minimum atomic E-state index is -0.216. The van der Waals surface area contributed by atoms with Gasteiger partial charge >= 0.3 is 12.1 Å². The van der Waals surface area contributed by atoms with Crippen LogP contribution in [-0.2, 0) is 6.54 Å². The number of urea groups is 2. The highest BCUT2D eigenvalue weighted by molar-refractivity contribution is 6.01. The minimum absolute atomic E-state index is 0.192. The van der Waals surface area contributed by atoms with Crippen molar-refractivity contribution in [2.75, 3.05) is 101 Å². The molecule has 4 aromatic carbocycles. The summed E-state index contributed by atoms with van der Waals surface area (Å²) in [6, 6.07) is 31.5. The fourth-order valence-corrected chi connectivity index (χ4v) is 7.75. The second-order valence-electron chi connectivity index (χ2n) is 15.1. The number of carbonyl (C=O) groups excluding carboxylic acids is 2. The summed E-state index contributed by atoms with van der Waals surface area (Å²) in [6.07, 6.45) is 3.40. The smallest absolute Gasteiger partial charge is 0.319 e. The number of hydrogen-bond donors (Lipinski definition) is 4. The van der Waals surface area contributed by atoms with Crippen LogP contribution < -0.4 is 35.6 Å². The molecule has 4 N–H and O–H groups in total. The number of nitrogens with one attached hydrogen (secondary N) is 4. The Bertz CT molecular complexity index is 2390. The largest absolute Gasteiger partial charge is 0.454 e. The maximum absolute atomic E-state index is 13.1. The van der Waals surface area contributed by atoms with Gasteiger partial charge in [-0.1, -0.05) is 42.5 Å². The second-order valence-corrected chi connectivity index (χ2v) is 15.1. The zero-order valence-corrected chi connectivity index (χ0v) is 34.1. The molecule has 2 fully saturated rings. The molecule has 61 heavy (non-hydrogen) atoms. The molecule has 6 aromatic rings. The third kappa shape index (κ3) is 11.2. The summed E-state index contributed by atoms with van der Waals surface area (Å²) in [5.74, 6) is 1.45. The van der Waals surface area contributed by atoms with Gasteiger partial charge in [0.05, 0.1) is 22.4 Å². The molecule has 0 spiro atoms. The number of nitrogens with zero attached hydrogens (tertiary/aromatic N) is 6. The molecule has 0 saturated carbocycles. The van der Waals surface area contributed by atoms with Crippen LogP contribution in [0.15, 0.2) is 116 Å². The Hall–Kier alpha value is -6.55. The van der Waals surface area contributed by atoms with E-state index in [4.69, 9.17) is 9.47 Å². The first-order valence-corrected chi connectivity index (χ1v) is 20.8. The average Bonchev–Trinajstić information content (AvgIpc) is 3.76. The molecular weight excluding hydrogens is 776 g/mol. The molecule has 3 aliphatic rings. The number of fused-ring (bicyclic) bond motifs is 3. The molecule has 316 valence electrons. The van der Waals surface area contributed by atoms with Crippen molar-refractivity contribution in [3.8, 4) is 11.5 Å². The Morgan fingerprint density at radius 1 is 0.590 bits per heavy atom. The van der Waals surface area contributed by atoms with Gasteiger partial charge in [0.15, 0.2) is 11.5 Å². The van der Waals surface area contributed by atoms with Gasteiger partial charge in [-0.3, -0.25) is 24.7 Å². The number of piperazine rings is 2. The number of pyridine rings is 2. The van der Waals surface area contributed by atoms with Crippen molar-refractivity contribution in [1.82, 2.24) is 35.3 Å². The molecule has 4 amide bonds. The van der Waals surface area contributed by atoms with Crippen LogP contribution in [0.25, 0.3) is 21.8 Å². The average molecular weight is 827 g/mol. The standard InChI is InChI=1S/C24H27N5O3.C22H24FN5O/c30-24(27-21-7-8-25-20-4-2-1-3-19(20)21)26-9-10-28-11-13-29(14-12-28)16-18-5-6-22-23(15-18)32-17-31-22;23-17-5-7-18(8-6-17)28-15-13-27(14-16-28)12-11-25-22(29)26-21-9-10-24-20-4-2-1-3-19(20)21/h1-8,15H,9-14,16-17H2,(H2,25,26,27,30);1-10H,11-16H2,(H2,24,25,26,29). The van der Waals surface area contributed by atoms with Crippen LogP contribution in [0.3, 0.4) is 0 Å². The fourth-order valence-electron chi connectivity index (χ4n) is 7.75. The van der Waals surface area contributed by atoms with Gasteiger partial charge in [0.2, 0.25) is 6.79 Å². The quantitative estimate of drug-likeness (QED) is 0.119. The SMILES string of the molecule is O=C(NCCN1CCN(Cc2ccc3c(c2)OCO3)CC1)Nc1ccnc2ccccc12.O=C(NCCN1CCN(c2ccc(F)cc2)CC1)Nc1ccnc2ccccc12. The monoisotopic (exact) mass is 826 g/mol. The van der Waals surface area contributed by atoms with Crippen LogP contribution in [0, 0.1) is 5.82 Å². The molecular formula is C46H51FN10O4. The van der Waals surface area contributed by atoms with E-state index in [2.05, 4.69) is 63.0 Å². The summed E-state index contributed by atoms with van der Waals surface area (Å²) in [4.78, 5) is 42.6. The maximum Gasteiger partial charge on any atom is 0.319 e. The van der Waals surface area contributed by atoms with Gasteiger partial charge < -0.3 is 35.6 Å². The van der Waals surface area contributed by atoms with Crippen LogP contribution in [0.4, 0.5) is 31.0 Å². The van der Waals surface area contributed by atoms with Crippen LogP contribution in [0.5, 0.6) is 11.5 Å². The lowest BCUT2D eigenvalue weighted by molar-refractivity contribution is 0.128. The van der Waals surface area contributed by atoms with Crippen molar-refractivity contribution >= 4 is 50.9 Å². The lowest BCUT2D eigenvalue weighted by atomic mass is 10.1. The first-order valence-electron chi connectivity index (χ1n) is 20.8. The molecule has 2 saturated heterocycles. The van der Waals surface area contributed by atoms with E-state index >= 15 is 0 Å². The lowest BCUT2D eigenvalue weighted by Crippen LogP contribution is -2.48. The molecule has 5 heterocycles. The van der Waals surface area contributed by atoms with Crippen molar-refractivity contribution in [1.29, 1.82) is 0 Å². The predicted molar refractivity (Wildman–Crippen MR) is 237 cm³/mol. The van der Waals surface area contributed by atoms with Gasteiger partial charge in [-0.2, -0.15) is 0 Å². The summed E-state index contributed by atoms with van der Waals surface area (Å²) in [5.41, 5.74) is 5.53. The summed E-state index contributed by atoms with van der Waals surface area (Å²) >= 11 is 0. The number of hydrogen-bond acceptors (Lipinski definition) is 10. The molecule has 14 nitrogen and oxygen atoms in total. The second kappa shape index (κ2) is 20.1. The summed E-state index contributed by atoms with van der Waals surface area (Å²) in [6.45, 7) is 11.6. The number of para-hydroxylation sites is 2. The maximum atomic E-state index is 13.1. The van der Waals surface area contributed by atoms with E-state index in [1.807, 2.05) is 72.8 Å². The topological polar surface area (TPSA) is 139 Å². The molecule has 0 atom stereocenters. The Labute approximate surface area is 354 Å². The van der Waals surface area contributed by atoms with Crippen LogP contribution in [0.2, 0.25) is 0 Å². The zero-order valence-electron chi connectivity index (χ0n) is 34.1. The van der Waals surface area contributed by atoms with E-state index in [1.54, 1.807) is 18.5 Å². The zero-order chi connectivity index (χ0) is 41.8. The molecule has 15 heteroatoms. The minimum Gasteiger partial charge on any atom is -0.454 e. The highest BCUT2D eigenvalue weighted by atomic mass is 19.1. The van der Waals surface area contributed by atoms with E-state index in [0.717, 1.165) is 122 Å². The third-order valence-corrected chi connectivity index (χ3v) is 11.1. The van der Waals surface area contributed by atoms with Gasteiger partial charge in [0.25, 0.3) is 0 Å². The van der Waals surface area contributed by atoms with Crippen molar-refractivity contribution in [2.24, 2.45) is 0 Å². The van der Waals surface area contributed by atoms with Crippen molar-refractivity contribution in [3.05, 3.63) is 127 Å². The predicted octanol–water partition coefficient (Wildman–Crippen LogP) is 6.22. The van der Waals surface area contributed by atoms with Crippen LogP contribution >= 0.6 is 0 Å². The molecule has 0 bridgehead atoms. The number of anilines is 3. The van der Waals surface area contributed by atoms with Gasteiger partial charge in [-0.15, -0.1) is 0 Å². The number of ether oxygens (including phenoxy) is 2. The van der Waals surface area contributed by atoms with Crippen molar-refractivity contribution in [2.45, 2.75) is 6.54 Å². The highest BCUT2D eigenvalue weighted by Gasteiger charge is 2.20. The lowest BCUT2D eigenvalue weighted by Gasteiger charge is -2.36.